The van der Waals surface area contributed by atoms with E-state index in [-0.39, 0.29) is 45.7 Å². The van der Waals surface area contributed by atoms with Gasteiger partial charge in [0.2, 0.25) is 0 Å². The van der Waals surface area contributed by atoms with E-state index in [1.807, 2.05) is 0 Å². The summed E-state index contributed by atoms with van der Waals surface area (Å²) in [6.07, 6.45) is 0.0764. The second kappa shape index (κ2) is 12.9. The predicted octanol–water partition coefficient (Wildman–Crippen LogP) is 4.55. The van der Waals surface area contributed by atoms with Crippen molar-refractivity contribution in [3.63, 3.8) is 0 Å². The molecule has 17 atom stereocenters. The maximum atomic E-state index is 13.0. The van der Waals surface area contributed by atoms with Gasteiger partial charge in [-0.1, -0.05) is 60.1 Å². The first kappa shape index (κ1) is 39.1. The molecule has 7 rings (SSSR count). The third-order valence-corrected chi connectivity index (χ3v) is 16.9. The molecule has 0 aromatic heterocycles. The van der Waals surface area contributed by atoms with Gasteiger partial charge in [0, 0.05) is 0 Å². The largest absolute Gasteiger partial charge is 0.481 e. The van der Waals surface area contributed by atoms with Gasteiger partial charge in [0.25, 0.3) is 0 Å². The van der Waals surface area contributed by atoms with Crippen LogP contribution >= 0.6 is 0 Å². The van der Waals surface area contributed by atoms with Gasteiger partial charge in [-0.2, -0.15) is 0 Å². The van der Waals surface area contributed by atoms with E-state index in [0.717, 1.165) is 64.2 Å². The molecule has 7 aliphatic rings. The topological polar surface area (TPSA) is 175 Å². The lowest BCUT2D eigenvalue weighted by Crippen LogP contribution is -2.66. The summed E-state index contributed by atoms with van der Waals surface area (Å²) in [5.74, 6) is 0.273. The highest BCUT2D eigenvalue weighted by atomic mass is 16.7. The zero-order valence-electron chi connectivity index (χ0n) is 32.6. The van der Waals surface area contributed by atoms with Crippen molar-refractivity contribution in [3.05, 3.63) is 11.6 Å². The van der Waals surface area contributed by atoms with Crippen molar-refractivity contribution in [2.45, 2.75) is 181 Å². The summed E-state index contributed by atoms with van der Waals surface area (Å²) in [4.78, 5) is 13.0. The molecule has 0 amide bonds. The molecule has 2 saturated heterocycles. The average molecular weight is 735 g/mol. The van der Waals surface area contributed by atoms with Gasteiger partial charge in [-0.05, 0) is 116 Å². The maximum absolute atomic E-state index is 13.0. The number of carboxylic acids is 1. The van der Waals surface area contributed by atoms with Gasteiger partial charge in [-0.3, -0.25) is 4.79 Å². The molecule has 0 aromatic rings. The van der Waals surface area contributed by atoms with Gasteiger partial charge in [-0.15, -0.1) is 0 Å². The number of hydrogen-bond donors (Lipinski definition) is 6. The molecule has 4 saturated carbocycles. The van der Waals surface area contributed by atoms with E-state index >= 15 is 0 Å². The Morgan fingerprint density at radius 3 is 2.13 bits per heavy atom. The standard InChI is InChI=1S/C41H66O11/c1-21-28(42)30(44)32(46)34(50-21)51-24-20-49-33(31(45)29(24)43)52-27-12-13-38(6)25(37(27,4)5)11-14-40(8)26(38)10-9-22-23-19-36(2,3)15-17-41(23,35(47)48)18-16-39(22,40)7/h9,21,23-34,42-46H,10-20H2,1-8H3,(H,47,48)/t21-,23?,24-,25?,26?,27?,28+,29-,30+,31+,32+,33-,34-,38?,39?,40?,41?/m0/s1. The molecule has 0 radical (unpaired) electrons. The Kier molecular flexibility index (Phi) is 9.74. The van der Waals surface area contributed by atoms with E-state index in [0.29, 0.717) is 11.8 Å². The number of rotatable bonds is 5. The summed E-state index contributed by atoms with van der Waals surface area (Å²) in [5.41, 5.74) is 0.683. The Hall–Kier alpha value is -1.15. The van der Waals surface area contributed by atoms with E-state index in [9.17, 15) is 35.4 Å². The number of allylic oxidation sites excluding steroid dienone is 2. The molecule has 11 heteroatoms. The van der Waals surface area contributed by atoms with Crippen LogP contribution < -0.4 is 0 Å². The molecule has 296 valence electrons. The fourth-order valence-electron chi connectivity index (χ4n) is 13.3. The van der Waals surface area contributed by atoms with Crippen LogP contribution in [0.2, 0.25) is 0 Å². The second-order valence-electron chi connectivity index (χ2n) is 20.2. The minimum Gasteiger partial charge on any atom is -0.481 e. The smallest absolute Gasteiger partial charge is 0.310 e. The lowest BCUT2D eigenvalue weighted by atomic mass is 9.33. The Labute approximate surface area is 309 Å². The Morgan fingerprint density at radius 1 is 0.769 bits per heavy atom. The van der Waals surface area contributed by atoms with Crippen LogP contribution in [0, 0.1) is 50.2 Å². The van der Waals surface area contributed by atoms with Crippen LogP contribution in [-0.2, 0) is 23.7 Å². The first-order valence-electron chi connectivity index (χ1n) is 20.1. The first-order valence-corrected chi connectivity index (χ1v) is 20.1. The van der Waals surface area contributed by atoms with Crippen LogP contribution in [0.4, 0.5) is 0 Å². The van der Waals surface area contributed by atoms with E-state index < -0.39 is 66.7 Å². The molecule has 6 fully saturated rings. The van der Waals surface area contributed by atoms with Crippen LogP contribution in [0.15, 0.2) is 11.6 Å². The summed E-state index contributed by atoms with van der Waals surface area (Å²) in [7, 11) is 0. The van der Waals surface area contributed by atoms with Gasteiger partial charge >= 0.3 is 5.97 Å². The molecule has 2 heterocycles. The molecule has 0 bridgehead atoms. The van der Waals surface area contributed by atoms with Gasteiger partial charge in [0.1, 0.15) is 36.6 Å². The van der Waals surface area contributed by atoms with E-state index in [1.54, 1.807) is 6.92 Å². The molecule has 0 aromatic carbocycles. The molecule has 2 aliphatic heterocycles. The Balaban J connectivity index is 1.06. The Morgan fingerprint density at radius 2 is 1.44 bits per heavy atom. The van der Waals surface area contributed by atoms with Crippen molar-refractivity contribution in [2.75, 3.05) is 6.61 Å². The van der Waals surface area contributed by atoms with Gasteiger partial charge in [-0.25, -0.2) is 0 Å². The highest BCUT2D eigenvalue weighted by molar-refractivity contribution is 5.76. The number of carbonyl (C=O) groups is 1. The summed E-state index contributed by atoms with van der Waals surface area (Å²) in [5, 5.41) is 63.6. The Bertz CT molecular complexity index is 1410. The van der Waals surface area contributed by atoms with E-state index in [1.165, 1.54) is 5.57 Å². The minimum absolute atomic E-state index is 0.0369. The lowest BCUT2D eigenvalue weighted by Gasteiger charge is -2.71. The summed E-state index contributed by atoms with van der Waals surface area (Å²) in [6, 6.07) is 0. The quantitative estimate of drug-likeness (QED) is 0.173. The van der Waals surface area contributed by atoms with Crippen LogP contribution in [0.3, 0.4) is 0 Å². The van der Waals surface area contributed by atoms with E-state index in [4.69, 9.17) is 18.9 Å². The molecule has 52 heavy (non-hydrogen) atoms. The fraction of sp³-hybridized carbons (Fsp3) is 0.927. The predicted molar refractivity (Wildman–Crippen MR) is 191 cm³/mol. The number of aliphatic hydroxyl groups excluding tert-OH is 5. The van der Waals surface area contributed by atoms with Crippen molar-refractivity contribution in [1.82, 2.24) is 0 Å². The van der Waals surface area contributed by atoms with Crippen LogP contribution in [-0.4, -0.2) is 105 Å². The maximum Gasteiger partial charge on any atom is 0.310 e. The SMILES string of the molecule is C[C@@H]1O[C@@H](O[C@H]2CO[C@@H](OC3CCC4(C)C(CCC5(C)C4CC=C4C6CC(C)(C)CCC6(C(=O)O)CCC45C)C3(C)C)[C@H](O)[C@H]2O)[C@H](O)[C@H](O)[C@@H]1O. The van der Waals surface area contributed by atoms with Crippen molar-refractivity contribution in [1.29, 1.82) is 0 Å². The molecule has 5 aliphatic carbocycles. The lowest BCUT2D eigenvalue weighted by molar-refractivity contribution is -0.348. The molecular weight excluding hydrogens is 668 g/mol. The van der Waals surface area contributed by atoms with Crippen LogP contribution in [0.5, 0.6) is 0 Å². The summed E-state index contributed by atoms with van der Waals surface area (Å²) in [6.45, 7) is 18.1. The van der Waals surface area contributed by atoms with Crippen molar-refractivity contribution in [2.24, 2.45) is 50.2 Å². The van der Waals surface area contributed by atoms with Crippen LogP contribution in [0.1, 0.15) is 120 Å². The number of fused-ring (bicyclic) bond motifs is 7. The number of aliphatic carboxylic acids is 1. The van der Waals surface area contributed by atoms with Crippen molar-refractivity contribution in [3.8, 4) is 0 Å². The first-order chi connectivity index (χ1) is 24.1. The third kappa shape index (κ3) is 5.64. The average Bonchev–Trinajstić information content (AvgIpc) is 3.06. The molecule has 0 spiro atoms. The number of ether oxygens (including phenoxy) is 4. The van der Waals surface area contributed by atoms with Gasteiger partial charge < -0.3 is 49.6 Å². The van der Waals surface area contributed by atoms with Crippen molar-refractivity contribution >= 4 is 5.97 Å². The second-order valence-corrected chi connectivity index (χ2v) is 20.2. The minimum atomic E-state index is -1.54. The summed E-state index contributed by atoms with van der Waals surface area (Å²) >= 11 is 0. The number of hydrogen-bond acceptors (Lipinski definition) is 10. The van der Waals surface area contributed by atoms with E-state index in [2.05, 4.69) is 54.5 Å². The van der Waals surface area contributed by atoms with Crippen LogP contribution in [0.25, 0.3) is 0 Å². The van der Waals surface area contributed by atoms with Crippen molar-refractivity contribution < 1.29 is 54.4 Å². The highest BCUT2D eigenvalue weighted by Crippen LogP contribution is 2.76. The third-order valence-electron chi connectivity index (χ3n) is 16.9. The van der Waals surface area contributed by atoms with Gasteiger partial charge in [0.05, 0.1) is 24.2 Å². The molecule has 8 unspecified atom stereocenters. The number of aliphatic hydroxyl groups is 5. The normalized spacial score (nSPS) is 54.1. The zero-order chi connectivity index (χ0) is 38.0. The molecular formula is C41H66O11. The summed E-state index contributed by atoms with van der Waals surface area (Å²) < 4.78 is 23.9. The highest BCUT2D eigenvalue weighted by Gasteiger charge is 2.69. The zero-order valence-corrected chi connectivity index (χ0v) is 32.6. The van der Waals surface area contributed by atoms with Gasteiger partial charge in [0.15, 0.2) is 12.6 Å². The number of carboxylic acid groups (broad SMARTS) is 1. The fourth-order valence-corrected chi connectivity index (χ4v) is 13.3. The monoisotopic (exact) mass is 734 g/mol. The molecule has 6 N–H and O–H groups in total. The molecule has 11 nitrogen and oxygen atoms in total.